The molecule has 0 saturated carbocycles. The minimum absolute atomic E-state index is 0.733. The van der Waals surface area contributed by atoms with Gasteiger partial charge in [0.25, 0.3) is 0 Å². The molecule has 0 aliphatic heterocycles. The van der Waals surface area contributed by atoms with E-state index in [1.54, 1.807) is 0 Å². The molecular weight excluding hydrogens is 244 g/mol. The predicted octanol–water partition coefficient (Wildman–Crippen LogP) is 3.73. The standard InChI is InChI=1S/C7H14Br2/c1-2-3-4-7(9)5-6-8/h7H,2-6H2,1H3. The van der Waals surface area contributed by atoms with Crippen LogP contribution in [0, 0.1) is 0 Å². The molecule has 0 rings (SSSR count). The van der Waals surface area contributed by atoms with Crippen LogP contribution in [-0.4, -0.2) is 10.2 Å². The Bertz CT molecular complexity index is 54.9. The summed E-state index contributed by atoms with van der Waals surface area (Å²) in [5.41, 5.74) is 0. The van der Waals surface area contributed by atoms with Crippen molar-refractivity contribution in [2.75, 3.05) is 5.33 Å². The van der Waals surface area contributed by atoms with Gasteiger partial charge in [-0.05, 0) is 12.8 Å². The van der Waals surface area contributed by atoms with Crippen LogP contribution in [0.2, 0.25) is 0 Å². The lowest BCUT2D eigenvalue weighted by molar-refractivity contribution is 0.682. The van der Waals surface area contributed by atoms with Gasteiger partial charge in [0.2, 0.25) is 0 Å². The highest BCUT2D eigenvalue weighted by Gasteiger charge is 2.00. The molecule has 1 unspecified atom stereocenters. The Morgan fingerprint density at radius 2 is 2.00 bits per heavy atom. The predicted molar refractivity (Wildman–Crippen MR) is 50.7 cm³/mol. The van der Waals surface area contributed by atoms with Gasteiger partial charge in [0.05, 0.1) is 0 Å². The molecule has 0 aliphatic carbocycles. The summed E-state index contributed by atoms with van der Waals surface area (Å²) >= 11 is 7.02. The molecule has 0 fully saturated rings. The first-order chi connectivity index (χ1) is 4.31. The van der Waals surface area contributed by atoms with Crippen LogP contribution in [0.4, 0.5) is 0 Å². The van der Waals surface area contributed by atoms with Crippen LogP contribution >= 0.6 is 31.9 Å². The van der Waals surface area contributed by atoms with Crippen molar-refractivity contribution in [3.8, 4) is 0 Å². The lowest BCUT2D eigenvalue weighted by Gasteiger charge is -2.04. The fraction of sp³-hybridized carbons (Fsp3) is 1.00. The molecule has 0 spiro atoms. The molecular formula is C7H14Br2. The van der Waals surface area contributed by atoms with Gasteiger partial charge >= 0.3 is 0 Å². The van der Waals surface area contributed by atoms with Crippen molar-refractivity contribution in [3.63, 3.8) is 0 Å². The second-order valence-corrected chi connectivity index (χ2v) is 4.31. The van der Waals surface area contributed by atoms with Gasteiger partial charge in [0.1, 0.15) is 0 Å². The Kier molecular flexibility index (Phi) is 7.83. The fourth-order valence-electron chi connectivity index (χ4n) is 0.688. The van der Waals surface area contributed by atoms with Crippen LogP contribution < -0.4 is 0 Å². The molecule has 56 valence electrons. The molecule has 0 aromatic rings. The van der Waals surface area contributed by atoms with Gasteiger partial charge in [-0.15, -0.1) is 0 Å². The molecule has 0 N–H and O–H groups in total. The van der Waals surface area contributed by atoms with Crippen molar-refractivity contribution in [3.05, 3.63) is 0 Å². The molecule has 2 heteroatoms. The van der Waals surface area contributed by atoms with Crippen LogP contribution in [0.1, 0.15) is 32.6 Å². The van der Waals surface area contributed by atoms with Gasteiger partial charge in [0.15, 0.2) is 0 Å². The van der Waals surface area contributed by atoms with Gasteiger partial charge in [0, 0.05) is 10.2 Å². The summed E-state index contributed by atoms with van der Waals surface area (Å²) in [5, 5.41) is 1.12. The lowest BCUT2D eigenvalue weighted by atomic mass is 10.2. The van der Waals surface area contributed by atoms with E-state index in [1.165, 1.54) is 25.7 Å². The minimum Gasteiger partial charge on any atom is -0.0928 e. The monoisotopic (exact) mass is 256 g/mol. The highest BCUT2D eigenvalue weighted by molar-refractivity contribution is 9.10. The molecule has 0 radical (unpaired) electrons. The molecule has 0 bridgehead atoms. The average molecular weight is 258 g/mol. The fourth-order valence-corrected chi connectivity index (χ4v) is 2.41. The zero-order valence-electron chi connectivity index (χ0n) is 5.87. The summed E-state index contributed by atoms with van der Waals surface area (Å²) in [6.45, 7) is 2.23. The van der Waals surface area contributed by atoms with E-state index in [-0.39, 0.29) is 0 Å². The van der Waals surface area contributed by atoms with Gasteiger partial charge in [-0.2, -0.15) is 0 Å². The number of hydrogen-bond acceptors (Lipinski definition) is 0. The van der Waals surface area contributed by atoms with E-state index in [9.17, 15) is 0 Å². The van der Waals surface area contributed by atoms with Crippen molar-refractivity contribution >= 4 is 31.9 Å². The molecule has 0 aromatic heterocycles. The maximum absolute atomic E-state index is 3.61. The topological polar surface area (TPSA) is 0 Å². The third kappa shape index (κ3) is 6.85. The average Bonchev–Trinajstić information content (AvgIpc) is 1.85. The Labute approximate surface area is 74.7 Å². The van der Waals surface area contributed by atoms with Crippen LogP contribution in [0.3, 0.4) is 0 Å². The van der Waals surface area contributed by atoms with Crippen LogP contribution in [-0.2, 0) is 0 Å². The summed E-state index contributed by atoms with van der Waals surface area (Å²) in [5.74, 6) is 0. The maximum atomic E-state index is 3.61. The second kappa shape index (κ2) is 7.07. The Morgan fingerprint density at radius 1 is 1.33 bits per heavy atom. The zero-order valence-corrected chi connectivity index (χ0v) is 9.04. The van der Waals surface area contributed by atoms with E-state index in [2.05, 4.69) is 38.8 Å². The molecule has 0 heterocycles. The van der Waals surface area contributed by atoms with E-state index in [4.69, 9.17) is 0 Å². The number of halogens is 2. The molecule has 1 atom stereocenters. The summed E-state index contributed by atoms with van der Waals surface area (Å²) in [6.07, 6.45) is 5.23. The van der Waals surface area contributed by atoms with E-state index in [0.29, 0.717) is 0 Å². The number of alkyl halides is 2. The van der Waals surface area contributed by atoms with Crippen LogP contribution in [0.15, 0.2) is 0 Å². The van der Waals surface area contributed by atoms with Crippen molar-refractivity contribution in [2.45, 2.75) is 37.4 Å². The van der Waals surface area contributed by atoms with E-state index in [1.807, 2.05) is 0 Å². The quantitative estimate of drug-likeness (QED) is 0.659. The third-order valence-corrected chi connectivity index (χ3v) is 2.67. The minimum atomic E-state index is 0.733. The summed E-state index contributed by atoms with van der Waals surface area (Å²) < 4.78 is 0. The lowest BCUT2D eigenvalue weighted by Crippen LogP contribution is -1.97. The molecule has 0 aromatic carbocycles. The third-order valence-electron chi connectivity index (χ3n) is 1.29. The molecule has 0 amide bonds. The van der Waals surface area contributed by atoms with E-state index < -0.39 is 0 Å². The van der Waals surface area contributed by atoms with Gasteiger partial charge in [-0.3, -0.25) is 0 Å². The Hall–Kier alpha value is 0.960. The van der Waals surface area contributed by atoms with Gasteiger partial charge in [-0.25, -0.2) is 0 Å². The molecule has 9 heavy (non-hydrogen) atoms. The van der Waals surface area contributed by atoms with E-state index in [0.717, 1.165) is 10.2 Å². The Balaban J connectivity index is 2.95. The smallest absolute Gasteiger partial charge is 0.0153 e. The first-order valence-corrected chi connectivity index (χ1v) is 5.55. The summed E-state index contributed by atoms with van der Waals surface area (Å²) in [7, 11) is 0. The van der Waals surface area contributed by atoms with Gasteiger partial charge in [-0.1, -0.05) is 51.6 Å². The zero-order chi connectivity index (χ0) is 7.11. The molecule has 0 nitrogen and oxygen atoms in total. The van der Waals surface area contributed by atoms with Gasteiger partial charge < -0.3 is 0 Å². The summed E-state index contributed by atoms with van der Waals surface area (Å²) in [6, 6.07) is 0. The normalized spacial score (nSPS) is 13.7. The molecule has 0 aliphatic rings. The summed E-state index contributed by atoms with van der Waals surface area (Å²) in [4.78, 5) is 0.733. The number of hydrogen-bond donors (Lipinski definition) is 0. The number of unbranched alkanes of at least 4 members (excludes halogenated alkanes) is 1. The SMILES string of the molecule is CCCCC(Br)CCBr. The maximum Gasteiger partial charge on any atom is 0.0153 e. The largest absolute Gasteiger partial charge is 0.0928 e. The van der Waals surface area contributed by atoms with Crippen molar-refractivity contribution in [1.29, 1.82) is 0 Å². The van der Waals surface area contributed by atoms with E-state index >= 15 is 0 Å². The highest BCUT2D eigenvalue weighted by Crippen LogP contribution is 2.14. The first kappa shape index (κ1) is 9.96. The number of rotatable bonds is 5. The Morgan fingerprint density at radius 3 is 2.44 bits per heavy atom. The highest BCUT2D eigenvalue weighted by atomic mass is 79.9. The van der Waals surface area contributed by atoms with Crippen LogP contribution in [0.25, 0.3) is 0 Å². The second-order valence-electron chi connectivity index (χ2n) is 2.22. The molecule has 0 saturated heterocycles. The first-order valence-electron chi connectivity index (χ1n) is 3.51. The van der Waals surface area contributed by atoms with Crippen molar-refractivity contribution in [2.24, 2.45) is 0 Å². The van der Waals surface area contributed by atoms with Crippen molar-refractivity contribution < 1.29 is 0 Å². The van der Waals surface area contributed by atoms with Crippen LogP contribution in [0.5, 0.6) is 0 Å². The van der Waals surface area contributed by atoms with Crippen molar-refractivity contribution in [1.82, 2.24) is 0 Å².